The fourth-order valence-electron chi connectivity index (χ4n) is 1.94. The molecule has 0 N–H and O–H groups in total. The number of carbonyl (C=O) groups excluding carboxylic acids is 1. The standard InChI is InChI=1S/C16H11ClFNO/c1-10-8-11(6-7-15(10)18)16(20)13(9-19)12-4-2-3-5-14(12)17/h2-8,13H,1H3. The second-order valence-electron chi connectivity index (χ2n) is 4.41. The van der Waals surface area contributed by atoms with Gasteiger partial charge in [0.15, 0.2) is 5.78 Å². The summed E-state index contributed by atoms with van der Waals surface area (Å²) in [5.74, 6) is -1.76. The smallest absolute Gasteiger partial charge is 0.184 e. The molecule has 0 spiro atoms. The van der Waals surface area contributed by atoms with Gasteiger partial charge in [-0.2, -0.15) is 5.26 Å². The zero-order valence-electron chi connectivity index (χ0n) is 10.7. The van der Waals surface area contributed by atoms with Gasteiger partial charge in [-0.3, -0.25) is 4.79 Å². The molecule has 0 amide bonds. The third-order valence-corrected chi connectivity index (χ3v) is 3.39. The van der Waals surface area contributed by atoms with Gasteiger partial charge in [-0.25, -0.2) is 4.39 Å². The second kappa shape index (κ2) is 5.85. The van der Waals surface area contributed by atoms with Crippen molar-refractivity contribution in [3.05, 3.63) is 70.0 Å². The Hall–Kier alpha value is -2.18. The minimum atomic E-state index is -0.992. The number of ketones is 1. The van der Waals surface area contributed by atoms with Gasteiger partial charge in [-0.1, -0.05) is 29.8 Å². The van der Waals surface area contributed by atoms with Crippen LogP contribution < -0.4 is 0 Å². The molecule has 2 nitrogen and oxygen atoms in total. The van der Waals surface area contributed by atoms with Gasteiger partial charge in [0.1, 0.15) is 11.7 Å². The number of hydrogen-bond acceptors (Lipinski definition) is 2. The highest BCUT2D eigenvalue weighted by atomic mass is 35.5. The predicted molar refractivity (Wildman–Crippen MR) is 75.3 cm³/mol. The fraction of sp³-hybridized carbons (Fsp3) is 0.125. The van der Waals surface area contributed by atoms with Crippen molar-refractivity contribution in [1.82, 2.24) is 0 Å². The van der Waals surface area contributed by atoms with E-state index in [4.69, 9.17) is 11.6 Å². The highest BCUT2D eigenvalue weighted by Gasteiger charge is 2.24. The Morgan fingerprint density at radius 2 is 2.00 bits per heavy atom. The normalized spacial score (nSPS) is 11.7. The van der Waals surface area contributed by atoms with E-state index < -0.39 is 5.92 Å². The molecule has 2 aromatic carbocycles. The molecule has 0 heterocycles. The van der Waals surface area contributed by atoms with Crippen LogP contribution in [-0.2, 0) is 0 Å². The number of rotatable bonds is 3. The molecule has 0 aromatic heterocycles. The Balaban J connectivity index is 2.42. The maximum Gasteiger partial charge on any atom is 0.184 e. The van der Waals surface area contributed by atoms with Gasteiger partial charge in [0.2, 0.25) is 0 Å². The van der Waals surface area contributed by atoms with Crippen LogP contribution in [-0.4, -0.2) is 5.78 Å². The fourth-order valence-corrected chi connectivity index (χ4v) is 2.19. The maximum absolute atomic E-state index is 13.2. The van der Waals surface area contributed by atoms with Crippen molar-refractivity contribution in [2.45, 2.75) is 12.8 Å². The number of hydrogen-bond donors (Lipinski definition) is 0. The number of nitriles is 1. The summed E-state index contributed by atoms with van der Waals surface area (Å²) < 4.78 is 13.2. The molecule has 0 aliphatic rings. The van der Waals surface area contributed by atoms with E-state index >= 15 is 0 Å². The number of nitrogens with zero attached hydrogens (tertiary/aromatic N) is 1. The molecule has 0 bridgehead atoms. The molecule has 0 saturated carbocycles. The van der Waals surface area contributed by atoms with Crippen LogP contribution in [0.5, 0.6) is 0 Å². The zero-order valence-corrected chi connectivity index (χ0v) is 11.5. The highest BCUT2D eigenvalue weighted by Crippen LogP contribution is 2.27. The van der Waals surface area contributed by atoms with E-state index in [0.29, 0.717) is 21.7 Å². The molecule has 20 heavy (non-hydrogen) atoms. The summed E-state index contributed by atoms with van der Waals surface area (Å²) in [6, 6.07) is 12.7. The second-order valence-corrected chi connectivity index (χ2v) is 4.82. The average molecular weight is 288 g/mol. The first kappa shape index (κ1) is 14.2. The van der Waals surface area contributed by atoms with Gasteiger partial charge < -0.3 is 0 Å². The molecule has 1 unspecified atom stereocenters. The molecule has 2 rings (SSSR count). The lowest BCUT2D eigenvalue weighted by atomic mass is 9.91. The molecule has 2 aromatic rings. The van der Waals surface area contributed by atoms with Crippen molar-refractivity contribution in [2.24, 2.45) is 0 Å². The van der Waals surface area contributed by atoms with Gasteiger partial charge in [0, 0.05) is 10.6 Å². The van der Waals surface area contributed by atoms with E-state index in [1.54, 1.807) is 31.2 Å². The van der Waals surface area contributed by atoms with Crippen molar-refractivity contribution in [3.8, 4) is 6.07 Å². The van der Waals surface area contributed by atoms with Crippen molar-refractivity contribution in [1.29, 1.82) is 5.26 Å². The van der Waals surface area contributed by atoms with Crippen molar-refractivity contribution < 1.29 is 9.18 Å². The van der Waals surface area contributed by atoms with Crippen molar-refractivity contribution in [2.75, 3.05) is 0 Å². The Bertz CT molecular complexity index is 706. The minimum Gasteiger partial charge on any atom is -0.292 e. The van der Waals surface area contributed by atoms with Gasteiger partial charge in [0.25, 0.3) is 0 Å². The maximum atomic E-state index is 13.2. The molecule has 0 fully saturated rings. The Kier molecular flexibility index (Phi) is 4.16. The lowest BCUT2D eigenvalue weighted by molar-refractivity contribution is 0.0978. The largest absolute Gasteiger partial charge is 0.292 e. The van der Waals surface area contributed by atoms with E-state index in [1.165, 1.54) is 18.2 Å². The van der Waals surface area contributed by atoms with Crippen LogP contribution in [0.1, 0.15) is 27.4 Å². The third-order valence-electron chi connectivity index (χ3n) is 3.05. The van der Waals surface area contributed by atoms with Gasteiger partial charge in [0.05, 0.1) is 6.07 Å². The molecule has 0 aliphatic heterocycles. The van der Waals surface area contributed by atoms with E-state index in [1.807, 2.05) is 6.07 Å². The monoisotopic (exact) mass is 287 g/mol. The van der Waals surface area contributed by atoms with Crippen LogP contribution in [0.15, 0.2) is 42.5 Å². The lowest BCUT2D eigenvalue weighted by Gasteiger charge is -2.11. The first-order valence-corrected chi connectivity index (χ1v) is 6.37. The summed E-state index contributed by atoms with van der Waals surface area (Å²) in [5.41, 5.74) is 1.13. The van der Waals surface area contributed by atoms with Crippen LogP contribution in [0.3, 0.4) is 0 Å². The first-order valence-electron chi connectivity index (χ1n) is 5.99. The summed E-state index contributed by atoms with van der Waals surface area (Å²) in [5, 5.41) is 9.62. The van der Waals surface area contributed by atoms with Crippen LogP contribution in [0.2, 0.25) is 5.02 Å². The lowest BCUT2D eigenvalue weighted by Crippen LogP contribution is -2.12. The number of aryl methyl sites for hydroxylation is 1. The summed E-state index contributed by atoms with van der Waals surface area (Å²) >= 11 is 6.02. The summed E-state index contributed by atoms with van der Waals surface area (Å²) in [6.07, 6.45) is 0. The van der Waals surface area contributed by atoms with Crippen LogP contribution >= 0.6 is 11.6 Å². The topological polar surface area (TPSA) is 40.9 Å². The number of carbonyl (C=O) groups is 1. The van der Waals surface area contributed by atoms with E-state index in [9.17, 15) is 14.4 Å². The predicted octanol–water partition coefficient (Wildman–Crippen LogP) is 4.28. The minimum absolute atomic E-state index is 0.301. The third kappa shape index (κ3) is 2.71. The number of Topliss-reactive ketones (excluding diaryl/α,β-unsaturated/α-hetero) is 1. The van der Waals surface area contributed by atoms with Crippen LogP contribution in [0.4, 0.5) is 4.39 Å². The average Bonchev–Trinajstić information content (AvgIpc) is 2.44. The molecule has 4 heteroatoms. The van der Waals surface area contributed by atoms with Crippen LogP contribution in [0.25, 0.3) is 0 Å². The highest BCUT2D eigenvalue weighted by molar-refractivity contribution is 6.31. The molecule has 0 aliphatic carbocycles. The van der Waals surface area contributed by atoms with Gasteiger partial charge >= 0.3 is 0 Å². The van der Waals surface area contributed by atoms with E-state index in [0.717, 1.165) is 0 Å². The zero-order chi connectivity index (χ0) is 14.7. The Labute approximate surface area is 121 Å². The number of halogens is 2. The van der Waals surface area contributed by atoms with Gasteiger partial charge in [-0.05, 0) is 42.3 Å². The molecule has 100 valence electrons. The Morgan fingerprint density at radius 1 is 1.30 bits per heavy atom. The first-order chi connectivity index (χ1) is 9.54. The molecular weight excluding hydrogens is 277 g/mol. The molecule has 1 atom stereocenters. The molecule has 0 saturated heterocycles. The SMILES string of the molecule is Cc1cc(C(=O)C(C#N)c2ccccc2Cl)ccc1F. The molecule has 0 radical (unpaired) electrons. The van der Waals surface area contributed by atoms with Crippen LogP contribution in [0, 0.1) is 24.1 Å². The Morgan fingerprint density at radius 3 is 2.60 bits per heavy atom. The summed E-state index contributed by atoms with van der Waals surface area (Å²) in [7, 11) is 0. The van der Waals surface area contributed by atoms with Crippen molar-refractivity contribution in [3.63, 3.8) is 0 Å². The summed E-state index contributed by atoms with van der Waals surface area (Å²) in [6.45, 7) is 1.57. The van der Waals surface area contributed by atoms with E-state index in [-0.39, 0.29) is 11.6 Å². The molecular formula is C16H11ClFNO. The number of benzene rings is 2. The van der Waals surface area contributed by atoms with Crippen molar-refractivity contribution >= 4 is 17.4 Å². The summed E-state index contributed by atoms with van der Waals surface area (Å²) in [4.78, 5) is 12.4. The van der Waals surface area contributed by atoms with E-state index in [2.05, 4.69) is 0 Å². The van der Waals surface area contributed by atoms with Gasteiger partial charge in [-0.15, -0.1) is 0 Å². The quantitative estimate of drug-likeness (QED) is 0.791.